The molecule has 0 aliphatic rings. The number of rotatable bonds is 3. The van der Waals surface area contributed by atoms with Gasteiger partial charge in [-0.3, -0.25) is 0 Å². The van der Waals surface area contributed by atoms with Gasteiger partial charge in [0.25, 0.3) is 0 Å². The van der Waals surface area contributed by atoms with Crippen molar-refractivity contribution < 1.29 is 5.11 Å². The van der Waals surface area contributed by atoms with E-state index in [1.54, 1.807) is 0 Å². The van der Waals surface area contributed by atoms with Crippen molar-refractivity contribution in [2.24, 2.45) is 0 Å². The lowest BCUT2D eigenvalue weighted by molar-refractivity contribution is 0.437. The van der Waals surface area contributed by atoms with Crippen LogP contribution in [0.5, 0.6) is 5.75 Å². The number of phenolic OH excluding ortho intramolecular Hbond substituents is 1. The maximum atomic E-state index is 12.0. The van der Waals surface area contributed by atoms with Crippen molar-refractivity contribution in [3.63, 3.8) is 0 Å². The van der Waals surface area contributed by atoms with E-state index in [1.165, 1.54) is 27.8 Å². The Labute approximate surface area is 232 Å². The predicted molar refractivity (Wildman–Crippen MR) is 166 cm³/mol. The predicted octanol–water partition coefficient (Wildman–Crippen LogP) is 9.65. The van der Waals surface area contributed by atoms with Crippen LogP contribution in [0.3, 0.4) is 0 Å². The number of hydrogen-bond donors (Lipinski definition) is 2. The summed E-state index contributed by atoms with van der Waals surface area (Å²) in [6, 6.07) is 17.4. The van der Waals surface area contributed by atoms with E-state index >= 15 is 0 Å². The minimum Gasteiger partial charge on any atom is -0.507 e. The summed E-state index contributed by atoms with van der Waals surface area (Å²) in [5.74, 6) is 0.223. The van der Waals surface area contributed by atoms with Gasteiger partial charge in [-0.1, -0.05) is 119 Å². The van der Waals surface area contributed by atoms with E-state index in [0.717, 1.165) is 22.4 Å². The first-order valence-corrected chi connectivity index (χ1v) is 14.0. The number of benzene rings is 3. The van der Waals surface area contributed by atoms with Crippen LogP contribution in [0.25, 0.3) is 0 Å². The Balaban J connectivity index is 2.56. The van der Waals surface area contributed by atoms with E-state index in [4.69, 9.17) is 5.73 Å². The van der Waals surface area contributed by atoms with Crippen LogP contribution in [0.4, 0.5) is 5.69 Å². The summed E-state index contributed by atoms with van der Waals surface area (Å²) in [6.07, 6.45) is 0. The molecule has 3 N–H and O–H groups in total. The van der Waals surface area contributed by atoms with Crippen LogP contribution in [-0.2, 0) is 21.7 Å². The third-order valence-electron chi connectivity index (χ3n) is 7.80. The third-order valence-corrected chi connectivity index (χ3v) is 7.80. The Morgan fingerprint density at radius 1 is 0.605 bits per heavy atom. The Bertz CT molecular complexity index is 1240. The zero-order valence-corrected chi connectivity index (χ0v) is 26.2. The fraction of sp³-hybridized carbons (Fsp3) is 0.500. The highest BCUT2D eigenvalue weighted by molar-refractivity contribution is 5.60. The lowest BCUT2D eigenvalue weighted by atomic mass is 9.71. The molecule has 3 aromatic rings. The van der Waals surface area contributed by atoms with Gasteiger partial charge in [-0.05, 0) is 79.7 Å². The van der Waals surface area contributed by atoms with E-state index in [2.05, 4.69) is 126 Å². The highest BCUT2D eigenvalue weighted by Crippen LogP contribution is 2.47. The Morgan fingerprint density at radius 2 is 1.08 bits per heavy atom. The van der Waals surface area contributed by atoms with E-state index in [1.807, 2.05) is 12.1 Å². The van der Waals surface area contributed by atoms with E-state index < -0.39 is 0 Å². The fourth-order valence-electron chi connectivity index (χ4n) is 5.40. The van der Waals surface area contributed by atoms with E-state index in [-0.39, 0.29) is 27.6 Å². The third kappa shape index (κ3) is 6.11. The first kappa shape index (κ1) is 29.8. The smallest absolute Gasteiger partial charge is 0.123 e. The number of hydrogen-bond acceptors (Lipinski definition) is 2. The molecule has 3 aromatic carbocycles. The quantitative estimate of drug-likeness (QED) is 0.270. The maximum absolute atomic E-state index is 12.0. The first-order chi connectivity index (χ1) is 17.1. The van der Waals surface area contributed by atoms with Crippen LogP contribution in [-0.4, -0.2) is 5.11 Å². The summed E-state index contributed by atoms with van der Waals surface area (Å²) in [7, 11) is 0. The molecular weight excluding hydrogens is 462 g/mol. The van der Waals surface area contributed by atoms with Gasteiger partial charge >= 0.3 is 0 Å². The van der Waals surface area contributed by atoms with Crippen LogP contribution in [0, 0.1) is 6.92 Å². The van der Waals surface area contributed by atoms with Crippen molar-refractivity contribution in [3.8, 4) is 5.75 Å². The fourth-order valence-corrected chi connectivity index (χ4v) is 5.40. The van der Waals surface area contributed by atoms with Crippen LogP contribution < -0.4 is 5.73 Å². The molecule has 0 aliphatic carbocycles. The van der Waals surface area contributed by atoms with Gasteiger partial charge in [0.1, 0.15) is 5.75 Å². The van der Waals surface area contributed by atoms with Gasteiger partial charge in [0.2, 0.25) is 0 Å². The molecule has 0 bridgehead atoms. The molecule has 206 valence electrons. The molecule has 38 heavy (non-hydrogen) atoms. The zero-order chi connectivity index (χ0) is 29.0. The average molecular weight is 514 g/mol. The highest BCUT2D eigenvalue weighted by Gasteiger charge is 2.32. The second kappa shape index (κ2) is 9.78. The minimum atomic E-state index is -0.209. The van der Waals surface area contributed by atoms with E-state index in [9.17, 15) is 5.11 Å². The summed E-state index contributed by atoms with van der Waals surface area (Å²) in [4.78, 5) is 0. The highest BCUT2D eigenvalue weighted by atomic mass is 16.3. The van der Waals surface area contributed by atoms with Gasteiger partial charge in [-0.15, -0.1) is 0 Å². The summed E-state index contributed by atoms with van der Waals surface area (Å²) >= 11 is 0. The molecule has 0 aromatic heterocycles. The number of anilines is 1. The van der Waals surface area contributed by atoms with Gasteiger partial charge in [0, 0.05) is 17.2 Å². The van der Waals surface area contributed by atoms with Crippen LogP contribution in [0.15, 0.2) is 48.5 Å². The van der Waals surface area contributed by atoms with Crippen molar-refractivity contribution in [2.45, 2.75) is 118 Å². The monoisotopic (exact) mass is 513 g/mol. The number of nitrogen functional groups attached to an aromatic ring is 1. The molecule has 0 fully saturated rings. The van der Waals surface area contributed by atoms with Gasteiger partial charge in [0.15, 0.2) is 0 Å². The molecule has 2 nitrogen and oxygen atoms in total. The number of phenols is 1. The van der Waals surface area contributed by atoms with Crippen molar-refractivity contribution in [2.75, 3.05) is 5.73 Å². The summed E-state index contributed by atoms with van der Waals surface area (Å²) in [5, 5.41) is 12.0. The molecule has 3 rings (SSSR count). The molecule has 0 aliphatic heterocycles. The summed E-state index contributed by atoms with van der Waals surface area (Å²) < 4.78 is 0. The first-order valence-electron chi connectivity index (χ1n) is 14.0. The van der Waals surface area contributed by atoms with Crippen molar-refractivity contribution >= 4 is 5.69 Å². The molecule has 0 saturated carbocycles. The van der Waals surface area contributed by atoms with Crippen molar-refractivity contribution in [3.05, 3.63) is 93.0 Å². The summed E-state index contributed by atoms with van der Waals surface area (Å²) in [6.45, 7) is 29.2. The van der Waals surface area contributed by atoms with E-state index in [0.29, 0.717) is 5.75 Å². The normalized spacial score (nSPS) is 14.0. The van der Waals surface area contributed by atoms with Crippen molar-refractivity contribution in [1.82, 2.24) is 0 Å². The second-order valence-corrected chi connectivity index (χ2v) is 15.3. The largest absolute Gasteiger partial charge is 0.507 e. The topological polar surface area (TPSA) is 46.2 Å². The minimum absolute atomic E-state index is 0.0193. The van der Waals surface area contributed by atoms with Crippen LogP contribution in [0.1, 0.15) is 134 Å². The zero-order valence-electron chi connectivity index (χ0n) is 26.2. The van der Waals surface area contributed by atoms with Crippen LogP contribution >= 0.6 is 0 Å². The van der Waals surface area contributed by atoms with Gasteiger partial charge in [-0.25, -0.2) is 0 Å². The average Bonchev–Trinajstić information content (AvgIpc) is 2.73. The van der Waals surface area contributed by atoms with Gasteiger partial charge < -0.3 is 10.8 Å². The molecule has 2 heteroatoms. The number of nitrogens with two attached hydrogens (primary N) is 1. The molecule has 0 saturated heterocycles. The van der Waals surface area contributed by atoms with Crippen LogP contribution in [0.2, 0.25) is 0 Å². The SMILES string of the molecule is Cc1c(C(c2cccc(N)c2)c2cc(C(C)(C)C)cc(C(C)(C)C)c2O)cc(C(C)(C)C)cc1C(C)(C)C. The maximum Gasteiger partial charge on any atom is 0.123 e. The molecule has 0 radical (unpaired) electrons. The molecule has 0 amide bonds. The molecule has 0 heterocycles. The number of aromatic hydroxyl groups is 1. The standard InChI is InChI=1S/C36H51NO/c1-22-27(18-24(33(2,3)4)20-29(22)35(8,9)10)31(23-15-14-16-26(37)17-23)28-19-25(34(5,6)7)21-30(32(28)38)36(11,12)13/h14-21,31,38H,37H2,1-13H3. The molecule has 1 atom stereocenters. The molecular formula is C36H51NO. The Kier molecular flexibility index (Phi) is 7.67. The lowest BCUT2D eigenvalue weighted by Gasteiger charge is -2.33. The molecule has 0 spiro atoms. The lowest BCUT2D eigenvalue weighted by Crippen LogP contribution is -2.22. The second-order valence-electron chi connectivity index (χ2n) is 15.3. The summed E-state index contributed by atoms with van der Waals surface area (Å²) in [5.41, 5.74) is 16.2. The van der Waals surface area contributed by atoms with Crippen molar-refractivity contribution in [1.29, 1.82) is 0 Å². The van der Waals surface area contributed by atoms with Gasteiger partial charge in [0.05, 0.1) is 0 Å². The molecule has 1 unspecified atom stereocenters. The Morgan fingerprint density at radius 3 is 1.53 bits per heavy atom. The van der Waals surface area contributed by atoms with Gasteiger partial charge in [-0.2, -0.15) is 0 Å². The Hall–Kier alpha value is -2.74.